The molecule has 0 aliphatic rings. The van der Waals surface area contributed by atoms with Crippen LogP contribution in [0.15, 0.2) is 29.3 Å². The number of hydrogen-bond acceptors (Lipinski definition) is 1. The molecule has 0 bridgehead atoms. The third kappa shape index (κ3) is 4.61. The predicted molar refractivity (Wildman–Crippen MR) is 72.7 cm³/mol. The van der Waals surface area contributed by atoms with Crippen molar-refractivity contribution < 1.29 is 0 Å². The normalized spacial score (nSPS) is 11.8. The van der Waals surface area contributed by atoms with Crippen molar-refractivity contribution in [2.75, 3.05) is 0 Å². The number of nitrogens with zero attached hydrogens (tertiary/aromatic N) is 1. The largest absolute Gasteiger partial charge is 0.258 e. The highest BCUT2D eigenvalue weighted by atomic mass is 14.7. The molecule has 0 radical (unpaired) electrons. The Balaban J connectivity index is 2.71. The van der Waals surface area contributed by atoms with Crippen LogP contribution in [0.2, 0.25) is 0 Å². The quantitative estimate of drug-likeness (QED) is 0.591. The Morgan fingerprint density at radius 1 is 1.00 bits per heavy atom. The highest BCUT2D eigenvalue weighted by Crippen LogP contribution is 2.15. The highest BCUT2D eigenvalue weighted by Gasteiger charge is 1.98. The second-order valence-electron chi connectivity index (χ2n) is 4.37. The van der Waals surface area contributed by atoms with Gasteiger partial charge in [0.05, 0.1) is 5.69 Å². The van der Waals surface area contributed by atoms with Gasteiger partial charge in [-0.2, -0.15) is 0 Å². The summed E-state index contributed by atoms with van der Waals surface area (Å²) < 4.78 is 0. The van der Waals surface area contributed by atoms with E-state index >= 15 is 0 Å². The van der Waals surface area contributed by atoms with Crippen molar-refractivity contribution in [3.63, 3.8) is 0 Å². The summed E-state index contributed by atoms with van der Waals surface area (Å²) in [7, 11) is 0. The van der Waals surface area contributed by atoms with Crippen LogP contribution >= 0.6 is 0 Å². The number of aryl methyl sites for hydroxylation is 1. The summed E-state index contributed by atoms with van der Waals surface area (Å²) >= 11 is 0. The zero-order valence-corrected chi connectivity index (χ0v) is 10.8. The molecule has 0 spiro atoms. The van der Waals surface area contributed by atoms with Crippen LogP contribution in [0.1, 0.15) is 51.5 Å². The summed E-state index contributed by atoms with van der Waals surface area (Å²) in [4.78, 5) is 4.74. The Labute approximate surface area is 99.6 Å². The molecule has 0 aliphatic carbocycles. The Morgan fingerprint density at radius 3 is 2.25 bits per heavy atom. The fourth-order valence-corrected chi connectivity index (χ4v) is 1.71. The lowest BCUT2D eigenvalue weighted by molar-refractivity contribution is 0.815. The molecule has 0 saturated carbocycles. The topological polar surface area (TPSA) is 12.4 Å². The minimum atomic E-state index is 1.10. The SMILES string of the molecule is CCCCC(CCC)=Nc1ccc(C)cc1. The van der Waals surface area contributed by atoms with Crippen molar-refractivity contribution in [1.82, 2.24) is 0 Å². The fraction of sp³-hybridized carbons (Fsp3) is 0.533. The second-order valence-corrected chi connectivity index (χ2v) is 4.37. The average Bonchev–Trinajstić information content (AvgIpc) is 2.29. The molecule has 16 heavy (non-hydrogen) atoms. The van der Waals surface area contributed by atoms with E-state index in [4.69, 9.17) is 4.99 Å². The van der Waals surface area contributed by atoms with Gasteiger partial charge in [-0.25, -0.2) is 0 Å². The van der Waals surface area contributed by atoms with E-state index in [1.807, 2.05) is 0 Å². The van der Waals surface area contributed by atoms with E-state index in [0.717, 1.165) is 18.5 Å². The van der Waals surface area contributed by atoms with E-state index in [0.29, 0.717) is 0 Å². The molecular weight excluding hydrogens is 194 g/mol. The van der Waals surface area contributed by atoms with Crippen LogP contribution in [0.4, 0.5) is 5.69 Å². The first-order valence-electron chi connectivity index (χ1n) is 6.39. The smallest absolute Gasteiger partial charge is 0.0629 e. The van der Waals surface area contributed by atoms with Gasteiger partial charge in [-0.05, 0) is 38.3 Å². The van der Waals surface area contributed by atoms with Gasteiger partial charge < -0.3 is 0 Å². The summed E-state index contributed by atoms with van der Waals surface area (Å²) in [5.41, 5.74) is 3.75. The Morgan fingerprint density at radius 2 is 1.69 bits per heavy atom. The summed E-state index contributed by atoms with van der Waals surface area (Å²) in [5.74, 6) is 0. The van der Waals surface area contributed by atoms with Crippen molar-refractivity contribution in [3.05, 3.63) is 29.8 Å². The molecule has 1 nitrogen and oxygen atoms in total. The first kappa shape index (κ1) is 13.0. The van der Waals surface area contributed by atoms with Crippen LogP contribution < -0.4 is 0 Å². The van der Waals surface area contributed by atoms with Crippen molar-refractivity contribution in [2.24, 2.45) is 4.99 Å². The van der Waals surface area contributed by atoms with E-state index < -0.39 is 0 Å². The molecule has 88 valence electrons. The molecule has 0 fully saturated rings. The first-order valence-corrected chi connectivity index (χ1v) is 6.39. The zero-order chi connectivity index (χ0) is 11.8. The second kappa shape index (κ2) is 7.21. The monoisotopic (exact) mass is 217 g/mol. The molecule has 0 amide bonds. The maximum atomic E-state index is 4.74. The standard InChI is InChI=1S/C15H23N/c1-4-6-8-14(7-5-2)16-15-11-9-13(3)10-12-15/h9-12H,4-8H2,1-3H3. The zero-order valence-electron chi connectivity index (χ0n) is 10.8. The molecule has 1 rings (SSSR count). The maximum absolute atomic E-state index is 4.74. The molecular formula is C15H23N. The average molecular weight is 217 g/mol. The third-order valence-corrected chi connectivity index (χ3v) is 2.68. The van der Waals surface area contributed by atoms with Crippen molar-refractivity contribution in [3.8, 4) is 0 Å². The third-order valence-electron chi connectivity index (χ3n) is 2.68. The highest BCUT2D eigenvalue weighted by molar-refractivity contribution is 5.86. The number of hydrogen-bond donors (Lipinski definition) is 0. The number of unbranched alkanes of at least 4 members (excludes halogenated alkanes) is 1. The summed E-state index contributed by atoms with van der Waals surface area (Å²) in [6, 6.07) is 8.47. The van der Waals surface area contributed by atoms with Crippen LogP contribution in [0.25, 0.3) is 0 Å². The van der Waals surface area contributed by atoms with Crippen molar-refractivity contribution in [1.29, 1.82) is 0 Å². The van der Waals surface area contributed by atoms with Crippen molar-refractivity contribution in [2.45, 2.75) is 52.9 Å². The molecule has 1 aromatic carbocycles. The summed E-state index contributed by atoms with van der Waals surface area (Å²) in [5, 5.41) is 0. The first-order chi connectivity index (χ1) is 7.76. The van der Waals surface area contributed by atoms with Gasteiger partial charge in [0.25, 0.3) is 0 Å². The van der Waals surface area contributed by atoms with Gasteiger partial charge in [-0.3, -0.25) is 4.99 Å². The number of aliphatic imine (C=N–C) groups is 1. The molecule has 1 heteroatoms. The molecule has 0 heterocycles. The van der Waals surface area contributed by atoms with Gasteiger partial charge >= 0.3 is 0 Å². The lowest BCUT2D eigenvalue weighted by atomic mass is 10.1. The predicted octanol–water partition coefficient (Wildman–Crippen LogP) is 5.06. The lowest BCUT2D eigenvalue weighted by Crippen LogP contribution is -1.97. The van der Waals surface area contributed by atoms with E-state index in [9.17, 15) is 0 Å². The molecule has 0 saturated heterocycles. The summed E-state index contributed by atoms with van der Waals surface area (Å²) in [6.45, 7) is 6.56. The van der Waals surface area contributed by atoms with Crippen LogP contribution in [0.3, 0.4) is 0 Å². The van der Waals surface area contributed by atoms with Crippen LogP contribution in [0.5, 0.6) is 0 Å². The van der Waals surface area contributed by atoms with E-state index in [-0.39, 0.29) is 0 Å². The van der Waals surface area contributed by atoms with Gasteiger partial charge in [-0.15, -0.1) is 0 Å². The van der Waals surface area contributed by atoms with E-state index in [2.05, 4.69) is 45.0 Å². The Kier molecular flexibility index (Phi) is 5.84. The molecule has 0 aromatic heterocycles. The van der Waals surface area contributed by atoms with Crippen LogP contribution in [-0.4, -0.2) is 5.71 Å². The van der Waals surface area contributed by atoms with E-state index in [1.165, 1.54) is 30.5 Å². The van der Waals surface area contributed by atoms with Crippen LogP contribution in [0, 0.1) is 6.92 Å². The van der Waals surface area contributed by atoms with Gasteiger partial charge in [0.1, 0.15) is 0 Å². The minimum Gasteiger partial charge on any atom is -0.258 e. The van der Waals surface area contributed by atoms with Crippen LogP contribution in [-0.2, 0) is 0 Å². The number of rotatable bonds is 6. The van der Waals surface area contributed by atoms with Gasteiger partial charge in [-0.1, -0.05) is 44.4 Å². The Bertz CT molecular complexity index is 322. The van der Waals surface area contributed by atoms with Gasteiger partial charge in [0.2, 0.25) is 0 Å². The maximum Gasteiger partial charge on any atom is 0.0629 e. The fourth-order valence-electron chi connectivity index (χ4n) is 1.71. The van der Waals surface area contributed by atoms with Gasteiger partial charge in [0, 0.05) is 5.71 Å². The molecule has 1 aromatic rings. The molecule has 0 N–H and O–H groups in total. The van der Waals surface area contributed by atoms with E-state index in [1.54, 1.807) is 0 Å². The van der Waals surface area contributed by atoms with Gasteiger partial charge in [0.15, 0.2) is 0 Å². The Hall–Kier alpha value is -1.11. The summed E-state index contributed by atoms with van der Waals surface area (Å²) in [6.07, 6.45) is 5.97. The molecule has 0 aliphatic heterocycles. The van der Waals surface area contributed by atoms with Crippen molar-refractivity contribution >= 4 is 11.4 Å². The lowest BCUT2D eigenvalue weighted by Gasteiger charge is -2.04. The molecule has 0 atom stereocenters. The minimum absolute atomic E-state index is 1.10. The molecule has 0 unspecified atom stereocenters. The number of benzene rings is 1.